The molecule has 0 bridgehead atoms. The second-order valence-corrected chi connectivity index (χ2v) is 5.90. The highest BCUT2D eigenvalue weighted by atomic mass is 19.3. The molecule has 0 aromatic carbocycles. The number of hydrogen-bond acceptors (Lipinski definition) is 1. The van der Waals surface area contributed by atoms with Gasteiger partial charge in [-0.3, -0.25) is 4.79 Å². The Bertz CT molecular complexity index is 313. The van der Waals surface area contributed by atoms with Gasteiger partial charge in [0.2, 0.25) is 5.91 Å². The summed E-state index contributed by atoms with van der Waals surface area (Å²) >= 11 is 0. The summed E-state index contributed by atoms with van der Waals surface area (Å²) in [6.07, 6.45) is 4.07. The van der Waals surface area contributed by atoms with Crippen LogP contribution in [0.15, 0.2) is 0 Å². The van der Waals surface area contributed by atoms with Crippen LogP contribution in [0, 0.1) is 11.3 Å². The van der Waals surface area contributed by atoms with E-state index in [2.05, 4.69) is 5.32 Å². The Morgan fingerprint density at radius 3 is 2.19 bits per heavy atom. The standard InChI is InChI=1S/C12H17F2NO/c13-10(14)12(4-5-12)15-9(16)8-6-11(7-8)2-1-3-11/h8,10H,1-7H2,(H,15,16). The van der Waals surface area contributed by atoms with Gasteiger partial charge in [-0.1, -0.05) is 6.42 Å². The second kappa shape index (κ2) is 3.17. The summed E-state index contributed by atoms with van der Waals surface area (Å²) in [6, 6.07) is 0. The summed E-state index contributed by atoms with van der Waals surface area (Å²) in [4.78, 5) is 11.8. The SMILES string of the molecule is O=C(NC1(C(F)F)CC1)C1CC2(CCC2)C1. The number of halogens is 2. The third-order valence-electron chi connectivity index (χ3n) is 4.72. The van der Waals surface area contributed by atoms with Crippen molar-refractivity contribution in [2.45, 2.75) is 56.9 Å². The summed E-state index contributed by atoms with van der Waals surface area (Å²) in [7, 11) is 0. The van der Waals surface area contributed by atoms with Crippen molar-refractivity contribution in [2.24, 2.45) is 11.3 Å². The fraction of sp³-hybridized carbons (Fsp3) is 0.917. The molecule has 90 valence electrons. The summed E-state index contributed by atoms with van der Waals surface area (Å²) < 4.78 is 25.3. The molecule has 2 nitrogen and oxygen atoms in total. The van der Waals surface area contributed by atoms with E-state index in [1.54, 1.807) is 0 Å². The molecule has 0 heterocycles. The van der Waals surface area contributed by atoms with Crippen LogP contribution in [0.3, 0.4) is 0 Å². The smallest absolute Gasteiger partial charge is 0.261 e. The van der Waals surface area contributed by atoms with Crippen molar-refractivity contribution in [3.05, 3.63) is 0 Å². The Labute approximate surface area is 93.8 Å². The number of carbonyl (C=O) groups excluding carboxylic acids is 1. The maximum atomic E-state index is 12.6. The quantitative estimate of drug-likeness (QED) is 0.791. The number of nitrogens with one attached hydrogen (secondary N) is 1. The fourth-order valence-electron chi connectivity index (χ4n) is 3.14. The van der Waals surface area contributed by atoms with Crippen molar-refractivity contribution < 1.29 is 13.6 Å². The minimum absolute atomic E-state index is 0.0107. The number of rotatable bonds is 3. The first kappa shape index (κ1) is 10.5. The zero-order valence-corrected chi connectivity index (χ0v) is 9.27. The average molecular weight is 229 g/mol. The molecule has 3 rings (SSSR count). The van der Waals surface area contributed by atoms with E-state index in [-0.39, 0.29) is 11.8 Å². The van der Waals surface area contributed by atoms with Crippen LogP contribution in [0.5, 0.6) is 0 Å². The van der Waals surface area contributed by atoms with Crippen LogP contribution in [0.1, 0.15) is 44.9 Å². The summed E-state index contributed by atoms with van der Waals surface area (Å²) in [5, 5.41) is 2.57. The van der Waals surface area contributed by atoms with Gasteiger partial charge < -0.3 is 5.32 Å². The number of carbonyl (C=O) groups is 1. The maximum absolute atomic E-state index is 12.6. The maximum Gasteiger partial charge on any atom is 0.261 e. The van der Waals surface area contributed by atoms with Gasteiger partial charge in [0.1, 0.15) is 5.54 Å². The summed E-state index contributed by atoms with van der Waals surface area (Å²) in [5.41, 5.74) is -0.719. The highest BCUT2D eigenvalue weighted by Gasteiger charge is 2.56. The molecule has 0 aromatic rings. The van der Waals surface area contributed by atoms with Gasteiger partial charge >= 0.3 is 0 Å². The zero-order chi connectivity index (χ0) is 11.4. The molecule has 1 amide bonds. The fourth-order valence-corrected chi connectivity index (χ4v) is 3.14. The van der Waals surface area contributed by atoms with E-state index in [1.807, 2.05) is 0 Å². The molecule has 3 saturated carbocycles. The summed E-state index contributed by atoms with van der Waals surface area (Å²) in [6.45, 7) is 0. The monoisotopic (exact) mass is 229 g/mol. The van der Waals surface area contributed by atoms with E-state index in [9.17, 15) is 13.6 Å². The van der Waals surface area contributed by atoms with Gasteiger partial charge in [-0.05, 0) is 43.9 Å². The molecule has 0 unspecified atom stereocenters. The second-order valence-electron chi connectivity index (χ2n) is 5.90. The Kier molecular flexibility index (Phi) is 2.08. The van der Waals surface area contributed by atoms with Crippen molar-refractivity contribution >= 4 is 5.91 Å². The first-order valence-electron chi connectivity index (χ1n) is 6.16. The lowest BCUT2D eigenvalue weighted by Crippen LogP contribution is -2.52. The molecule has 3 fully saturated rings. The molecule has 0 atom stereocenters. The van der Waals surface area contributed by atoms with Gasteiger partial charge in [-0.25, -0.2) is 8.78 Å². The lowest BCUT2D eigenvalue weighted by Gasteiger charge is -2.53. The zero-order valence-electron chi connectivity index (χ0n) is 9.27. The summed E-state index contributed by atoms with van der Waals surface area (Å²) in [5.74, 6) is -0.119. The molecule has 1 spiro atoms. The van der Waals surface area contributed by atoms with Crippen LogP contribution in [0.4, 0.5) is 8.78 Å². The number of amides is 1. The molecule has 0 radical (unpaired) electrons. The lowest BCUT2D eigenvalue weighted by atomic mass is 9.51. The molecule has 0 aromatic heterocycles. The van der Waals surface area contributed by atoms with Crippen LogP contribution >= 0.6 is 0 Å². The largest absolute Gasteiger partial charge is 0.345 e. The molecule has 16 heavy (non-hydrogen) atoms. The van der Waals surface area contributed by atoms with E-state index in [0.717, 1.165) is 12.8 Å². The number of alkyl halides is 2. The van der Waals surface area contributed by atoms with Crippen LogP contribution in [-0.2, 0) is 4.79 Å². The molecule has 3 aliphatic carbocycles. The third-order valence-corrected chi connectivity index (χ3v) is 4.72. The van der Waals surface area contributed by atoms with Gasteiger partial charge in [-0.15, -0.1) is 0 Å². The van der Waals surface area contributed by atoms with Gasteiger partial charge in [0, 0.05) is 5.92 Å². The molecular formula is C12H17F2NO. The van der Waals surface area contributed by atoms with Crippen LogP contribution < -0.4 is 5.32 Å². The lowest BCUT2D eigenvalue weighted by molar-refractivity contribution is -0.139. The van der Waals surface area contributed by atoms with E-state index < -0.39 is 12.0 Å². The van der Waals surface area contributed by atoms with E-state index in [0.29, 0.717) is 18.3 Å². The van der Waals surface area contributed by atoms with Gasteiger partial charge in [0.05, 0.1) is 0 Å². The predicted octanol–water partition coefficient (Wildman–Crippen LogP) is 2.48. The van der Waals surface area contributed by atoms with E-state index in [1.165, 1.54) is 19.3 Å². The van der Waals surface area contributed by atoms with Crippen molar-refractivity contribution in [1.82, 2.24) is 5.32 Å². The van der Waals surface area contributed by atoms with Crippen LogP contribution in [-0.4, -0.2) is 17.9 Å². The minimum atomic E-state index is -2.41. The molecule has 1 N–H and O–H groups in total. The van der Waals surface area contributed by atoms with Gasteiger partial charge in [-0.2, -0.15) is 0 Å². The Hall–Kier alpha value is -0.670. The van der Waals surface area contributed by atoms with Crippen molar-refractivity contribution in [3.8, 4) is 0 Å². The van der Waals surface area contributed by atoms with E-state index >= 15 is 0 Å². The van der Waals surface area contributed by atoms with Crippen molar-refractivity contribution in [2.75, 3.05) is 0 Å². The predicted molar refractivity (Wildman–Crippen MR) is 55.1 cm³/mol. The van der Waals surface area contributed by atoms with E-state index in [4.69, 9.17) is 0 Å². The number of hydrogen-bond donors (Lipinski definition) is 1. The minimum Gasteiger partial charge on any atom is -0.345 e. The molecule has 0 aliphatic heterocycles. The Balaban J connectivity index is 1.52. The highest BCUT2D eigenvalue weighted by molar-refractivity contribution is 5.81. The molecule has 3 aliphatic rings. The third kappa shape index (κ3) is 1.45. The first-order valence-corrected chi connectivity index (χ1v) is 6.16. The van der Waals surface area contributed by atoms with Crippen LogP contribution in [0.2, 0.25) is 0 Å². The molecule has 0 saturated heterocycles. The van der Waals surface area contributed by atoms with Crippen molar-refractivity contribution in [3.63, 3.8) is 0 Å². The Morgan fingerprint density at radius 2 is 1.81 bits per heavy atom. The normalized spacial score (nSPS) is 29.7. The molecular weight excluding hydrogens is 212 g/mol. The first-order chi connectivity index (χ1) is 7.55. The van der Waals surface area contributed by atoms with Gasteiger partial charge in [0.15, 0.2) is 0 Å². The highest BCUT2D eigenvalue weighted by Crippen LogP contribution is 2.59. The molecule has 4 heteroatoms. The Morgan fingerprint density at radius 1 is 1.19 bits per heavy atom. The van der Waals surface area contributed by atoms with Gasteiger partial charge in [0.25, 0.3) is 6.43 Å². The topological polar surface area (TPSA) is 29.1 Å². The van der Waals surface area contributed by atoms with Crippen LogP contribution in [0.25, 0.3) is 0 Å². The van der Waals surface area contributed by atoms with Crippen molar-refractivity contribution in [1.29, 1.82) is 0 Å². The average Bonchev–Trinajstić information content (AvgIpc) is 2.79.